The number of nitrogens with one attached hydrogen (secondary N) is 1. The smallest absolute Gasteiger partial charge is 0.224 e. The number of rotatable bonds is 7. The fraction of sp³-hybridized carbons (Fsp3) is 0.0714. The molecular formula is C28H20ClN5S. The van der Waals surface area contributed by atoms with Crippen LogP contribution in [-0.2, 0) is 13.1 Å². The summed E-state index contributed by atoms with van der Waals surface area (Å²) in [7, 11) is 0. The van der Waals surface area contributed by atoms with E-state index in [-0.39, 0.29) is 5.15 Å². The number of aromatic nitrogens is 3. The first kappa shape index (κ1) is 22.9. The highest BCUT2D eigenvalue weighted by molar-refractivity contribution is 7.03. The molecule has 0 aliphatic rings. The minimum absolute atomic E-state index is 0.220. The van der Waals surface area contributed by atoms with Crippen molar-refractivity contribution in [3.63, 3.8) is 0 Å². The summed E-state index contributed by atoms with van der Waals surface area (Å²) in [5.74, 6) is 0. The van der Waals surface area contributed by atoms with E-state index in [1.807, 2.05) is 41.8 Å². The lowest BCUT2D eigenvalue weighted by Gasteiger charge is -2.12. The fourth-order valence-corrected chi connectivity index (χ4v) is 4.48. The van der Waals surface area contributed by atoms with Crippen LogP contribution in [0.5, 0.6) is 0 Å². The SMILES string of the molecule is [C-]#[N+]c1cc(-c2ccccc2)c(-c2ccc(CNCc3ccc(-c4csnn4)cc3)cc2)nc1Cl. The maximum absolute atomic E-state index is 7.41. The van der Waals surface area contributed by atoms with E-state index in [9.17, 15) is 0 Å². The first-order valence-electron chi connectivity index (χ1n) is 11.0. The maximum atomic E-state index is 7.41. The number of pyridine rings is 1. The number of halogens is 1. The molecule has 0 atom stereocenters. The van der Waals surface area contributed by atoms with Gasteiger partial charge in [-0.15, -0.1) is 5.10 Å². The molecule has 3 aromatic carbocycles. The van der Waals surface area contributed by atoms with Crippen LogP contribution in [0.3, 0.4) is 0 Å². The van der Waals surface area contributed by atoms with Crippen LogP contribution in [0, 0.1) is 6.57 Å². The molecule has 0 aliphatic carbocycles. The molecule has 35 heavy (non-hydrogen) atoms. The highest BCUT2D eigenvalue weighted by Crippen LogP contribution is 2.37. The lowest BCUT2D eigenvalue weighted by molar-refractivity contribution is 0.693. The molecule has 0 fully saturated rings. The summed E-state index contributed by atoms with van der Waals surface area (Å²) in [4.78, 5) is 8.10. The third-order valence-corrected chi connectivity index (χ3v) is 6.44. The molecule has 5 rings (SSSR count). The Labute approximate surface area is 213 Å². The molecular weight excluding hydrogens is 474 g/mol. The van der Waals surface area contributed by atoms with Crippen molar-refractivity contribution in [1.82, 2.24) is 19.9 Å². The molecule has 5 nitrogen and oxygen atoms in total. The van der Waals surface area contributed by atoms with Gasteiger partial charge in [0, 0.05) is 29.6 Å². The van der Waals surface area contributed by atoms with Gasteiger partial charge in [-0.25, -0.2) is 9.83 Å². The van der Waals surface area contributed by atoms with Crippen LogP contribution in [-0.4, -0.2) is 14.6 Å². The monoisotopic (exact) mass is 493 g/mol. The third kappa shape index (κ3) is 5.28. The van der Waals surface area contributed by atoms with E-state index in [1.54, 1.807) is 0 Å². The van der Waals surface area contributed by atoms with Crippen molar-refractivity contribution in [1.29, 1.82) is 0 Å². The molecule has 7 heteroatoms. The Bertz CT molecular complexity index is 1460. The summed E-state index contributed by atoms with van der Waals surface area (Å²) in [6, 6.07) is 28.4. The summed E-state index contributed by atoms with van der Waals surface area (Å²) < 4.78 is 3.92. The van der Waals surface area contributed by atoms with Crippen LogP contribution >= 0.6 is 23.1 Å². The molecule has 0 saturated heterocycles. The first-order chi connectivity index (χ1) is 17.2. The molecule has 0 saturated carbocycles. The normalized spacial score (nSPS) is 10.7. The van der Waals surface area contributed by atoms with Gasteiger partial charge in [-0.05, 0) is 39.9 Å². The summed E-state index contributed by atoms with van der Waals surface area (Å²) in [6.07, 6.45) is 0. The summed E-state index contributed by atoms with van der Waals surface area (Å²) in [6.45, 7) is 8.92. The summed E-state index contributed by atoms with van der Waals surface area (Å²) >= 11 is 7.65. The Balaban J connectivity index is 1.29. The Morgan fingerprint density at radius 3 is 2.09 bits per heavy atom. The second kappa shape index (κ2) is 10.6. The minimum atomic E-state index is 0.220. The Kier molecular flexibility index (Phi) is 6.92. The van der Waals surface area contributed by atoms with Crippen LogP contribution in [0.1, 0.15) is 11.1 Å². The maximum Gasteiger partial charge on any atom is 0.224 e. The Morgan fingerprint density at radius 2 is 1.49 bits per heavy atom. The van der Waals surface area contributed by atoms with Crippen LogP contribution in [0.25, 0.3) is 38.5 Å². The highest BCUT2D eigenvalue weighted by atomic mass is 35.5. The van der Waals surface area contributed by atoms with Crippen molar-refractivity contribution in [2.45, 2.75) is 13.1 Å². The van der Waals surface area contributed by atoms with Gasteiger partial charge < -0.3 is 5.32 Å². The molecule has 2 heterocycles. The number of hydrogen-bond donors (Lipinski definition) is 1. The van der Waals surface area contributed by atoms with E-state index >= 15 is 0 Å². The zero-order valence-corrected chi connectivity index (χ0v) is 20.2. The first-order valence-corrected chi connectivity index (χ1v) is 12.2. The summed E-state index contributed by atoms with van der Waals surface area (Å²) in [5, 5.41) is 9.77. The second-order valence-electron chi connectivity index (χ2n) is 7.96. The van der Waals surface area contributed by atoms with Gasteiger partial charge in [0.2, 0.25) is 5.69 Å². The van der Waals surface area contributed by atoms with E-state index < -0.39 is 0 Å². The van der Waals surface area contributed by atoms with Gasteiger partial charge in [0.1, 0.15) is 10.8 Å². The zero-order chi connectivity index (χ0) is 24.0. The van der Waals surface area contributed by atoms with Crippen LogP contribution in [0.2, 0.25) is 5.15 Å². The largest absolute Gasteiger partial charge is 0.309 e. The van der Waals surface area contributed by atoms with E-state index in [4.69, 9.17) is 18.2 Å². The van der Waals surface area contributed by atoms with E-state index in [0.29, 0.717) is 5.69 Å². The molecule has 0 aliphatic heterocycles. The molecule has 5 aromatic rings. The Morgan fingerprint density at radius 1 is 0.829 bits per heavy atom. The lowest BCUT2D eigenvalue weighted by Crippen LogP contribution is -2.12. The fourth-order valence-electron chi connectivity index (χ4n) is 3.83. The molecule has 0 amide bonds. The average Bonchev–Trinajstić information content (AvgIpc) is 3.45. The third-order valence-electron chi connectivity index (χ3n) is 5.66. The summed E-state index contributed by atoms with van der Waals surface area (Å²) in [5.41, 5.74) is 8.33. The number of benzene rings is 3. The molecule has 170 valence electrons. The molecule has 0 radical (unpaired) electrons. The molecule has 0 bridgehead atoms. The van der Waals surface area contributed by atoms with Crippen molar-refractivity contribution >= 4 is 28.8 Å². The van der Waals surface area contributed by atoms with E-state index in [1.165, 1.54) is 22.7 Å². The predicted molar refractivity (Wildman–Crippen MR) is 142 cm³/mol. The quantitative estimate of drug-likeness (QED) is 0.189. The van der Waals surface area contributed by atoms with E-state index in [2.05, 4.69) is 73.3 Å². The standard InChI is InChI=1S/C28H20ClN5S/c1-30-25-15-24(21-5-3-2-4-6-21)27(32-28(25)29)23-13-9-20(10-14-23)17-31-16-19-7-11-22(12-8-19)26-18-35-34-33-26/h2-15,18,31H,16-17H2. The molecule has 0 spiro atoms. The van der Waals surface area contributed by atoms with E-state index in [0.717, 1.165) is 46.7 Å². The van der Waals surface area contributed by atoms with Crippen LogP contribution < -0.4 is 5.32 Å². The van der Waals surface area contributed by atoms with Gasteiger partial charge in [-0.1, -0.05) is 95.0 Å². The van der Waals surface area contributed by atoms with Gasteiger partial charge in [0.25, 0.3) is 0 Å². The van der Waals surface area contributed by atoms with Gasteiger partial charge in [0.05, 0.1) is 12.3 Å². The van der Waals surface area contributed by atoms with Gasteiger partial charge >= 0.3 is 0 Å². The molecule has 2 aromatic heterocycles. The predicted octanol–water partition coefficient (Wildman–Crippen LogP) is 7.43. The van der Waals surface area contributed by atoms with Crippen LogP contribution in [0.15, 0.2) is 90.3 Å². The topological polar surface area (TPSA) is 55.1 Å². The minimum Gasteiger partial charge on any atom is -0.309 e. The average molecular weight is 494 g/mol. The van der Waals surface area contributed by atoms with Crippen molar-refractivity contribution in [2.75, 3.05) is 0 Å². The zero-order valence-electron chi connectivity index (χ0n) is 18.6. The Hall–Kier alpha value is -3.89. The van der Waals surface area contributed by atoms with Crippen LogP contribution in [0.4, 0.5) is 5.69 Å². The van der Waals surface area contributed by atoms with Gasteiger partial charge in [0.15, 0.2) is 0 Å². The molecule has 1 N–H and O–H groups in total. The highest BCUT2D eigenvalue weighted by Gasteiger charge is 2.14. The van der Waals surface area contributed by atoms with Crippen molar-refractivity contribution in [3.05, 3.63) is 118 Å². The van der Waals surface area contributed by atoms with Gasteiger partial charge in [-0.3, -0.25) is 0 Å². The molecule has 0 unspecified atom stereocenters. The van der Waals surface area contributed by atoms with Gasteiger partial charge in [-0.2, -0.15) is 0 Å². The number of hydrogen-bond acceptors (Lipinski definition) is 5. The van der Waals surface area contributed by atoms with Crippen molar-refractivity contribution < 1.29 is 0 Å². The van der Waals surface area contributed by atoms with Crippen molar-refractivity contribution in [2.24, 2.45) is 0 Å². The van der Waals surface area contributed by atoms with Crippen molar-refractivity contribution in [3.8, 4) is 33.6 Å². The second-order valence-corrected chi connectivity index (χ2v) is 8.93. The number of nitrogens with zero attached hydrogens (tertiary/aromatic N) is 4. The lowest BCUT2D eigenvalue weighted by atomic mass is 9.98.